The number of aromatic amines is 1. The number of rotatable bonds is 9. The molecule has 4 heterocycles. The summed E-state index contributed by atoms with van der Waals surface area (Å²) in [4.78, 5) is 22.7. The molecule has 2 aromatic heterocycles. The lowest BCUT2D eigenvalue weighted by Gasteiger charge is -2.58. The third-order valence-corrected chi connectivity index (χ3v) is 8.63. The second-order valence-corrected chi connectivity index (χ2v) is 12.7. The second-order valence-electron chi connectivity index (χ2n) is 12.7. The van der Waals surface area contributed by atoms with Crippen LogP contribution in [0.4, 0.5) is 0 Å². The van der Waals surface area contributed by atoms with Gasteiger partial charge in [-0.2, -0.15) is 5.10 Å². The van der Waals surface area contributed by atoms with Crippen LogP contribution in [0, 0.1) is 6.92 Å². The fourth-order valence-electron chi connectivity index (χ4n) is 6.53. The third kappa shape index (κ3) is 6.04. The summed E-state index contributed by atoms with van der Waals surface area (Å²) in [7, 11) is 3.18. The van der Waals surface area contributed by atoms with E-state index in [1.165, 1.54) is 0 Å². The van der Waals surface area contributed by atoms with E-state index in [0.29, 0.717) is 18.7 Å². The van der Waals surface area contributed by atoms with Crippen LogP contribution in [-0.4, -0.2) is 95.4 Å². The van der Waals surface area contributed by atoms with E-state index in [9.17, 15) is 4.79 Å². The predicted octanol–water partition coefficient (Wildman–Crippen LogP) is 4.87. The van der Waals surface area contributed by atoms with Gasteiger partial charge in [0.1, 0.15) is 12.4 Å². The van der Waals surface area contributed by atoms with Crippen LogP contribution in [0.1, 0.15) is 64.3 Å². The van der Waals surface area contributed by atoms with Gasteiger partial charge < -0.3 is 23.8 Å². The first-order chi connectivity index (χ1) is 20.1. The van der Waals surface area contributed by atoms with Gasteiger partial charge in [0, 0.05) is 56.1 Å². The molecule has 2 aliphatic heterocycles. The minimum absolute atomic E-state index is 0.00683. The first-order valence-corrected chi connectivity index (χ1v) is 14.8. The summed E-state index contributed by atoms with van der Waals surface area (Å²) in [5.74, 6) is 0.744. The second kappa shape index (κ2) is 12.3. The maximum absolute atomic E-state index is 13.1. The van der Waals surface area contributed by atoms with Crippen molar-refractivity contribution in [1.29, 1.82) is 0 Å². The van der Waals surface area contributed by atoms with Crippen LogP contribution in [0.5, 0.6) is 5.75 Å². The summed E-state index contributed by atoms with van der Waals surface area (Å²) in [5.41, 5.74) is 3.89. The quantitative estimate of drug-likeness (QED) is 0.358. The molecule has 1 N–H and O–H groups in total. The van der Waals surface area contributed by atoms with Crippen LogP contribution in [-0.2, 0) is 19.0 Å². The summed E-state index contributed by atoms with van der Waals surface area (Å²) in [6.45, 7) is 13.1. The SMILES string of the molecule is COCOc1ccc(-c2cc(C(C3CCCCO3)N3CC(C)(C)N(C(=O)COC)CC3(C)C)c3c(C)[nH]nc3n2)cc1. The van der Waals surface area contributed by atoms with Crippen LogP contribution in [0.3, 0.4) is 0 Å². The Bertz CT molecular complexity index is 1380. The molecular formula is C32H45N5O5. The lowest BCUT2D eigenvalue weighted by molar-refractivity contribution is -0.159. The molecule has 2 unspecified atom stereocenters. The van der Waals surface area contributed by atoms with Crippen molar-refractivity contribution in [3.05, 3.63) is 41.6 Å². The van der Waals surface area contributed by atoms with Crippen molar-refractivity contribution in [2.45, 2.75) is 77.1 Å². The van der Waals surface area contributed by atoms with E-state index in [-0.39, 0.29) is 37.0 Å². The number of benzene rings is 1. The van der Waals surface area contributed by atoms with E-state index in [1.54, 1.807) is 14.2 Å². The van der Waals surface area contributed by atoms with Gasteiger partial charge in [-0.05, 0) is 89.8 Å². The average molecular weight is 580 g/mol. The van der Waals surface area contributed by atoms with Crippen LogP contribution < -0.4 is 4.74 Å². The summed E-state index contributed by atoms with van der Waals surface area (Å²) >= 11 is 0. The summed E-state index contributed by atoms with van der Waals surface area (Å²) < 4.78 is 22.4. The van der Waals surface area contributed by atoms with Gasteiger partial charge in [-0.25, -0.2) is 4.98 Å². The third-order valence-electron chi connectivity index (χ3n) is 8.63. The first-order valence-electron chi connectivity index (χ1n) is 14.8. The van der Waals surface area contributed by atoms with Crippen molar-refractivity contribution >= 4 is 16.9 Å². The van der Waals surface area contributed by atoms with Gasteiger partial charge in [-0.3, -0.25) is 14.8 Å². The van der Waals surface area contributed by atoms with E-state index in [4.69, 9.17) is 23.9 Å². The van der Waals surface area contributed by atoms with Crippen molar-refractivity contribution < 1.29 is 23.7 Å². The number of aromatic nitrogens is 3. The Balaban J connectivity index is 1.62. The number of amides is 1. The van der Waals surface area contributed by atoms with Gasteiger partial charge in [-0.1, -0.05) is 0 Å². The fourth-order valence-corrected chi connectivity index (χ4v) is 6.53. The number of carbonyl (C=O) groups is 1. The van der Waals surface area contributed by atoms with E-state index >= 15 is 0 Å². The number of fused-ring (bicyclic) bond motifs is 1. The Morgan fingerprint density at radius 3 is 2.52 bits per heavy atom. The molecule has 0 saturated carbocycles. The lowest BCUT2D eigenvalue weighted by atomic mass is 9.82. The number of aryl methyl sites for hydroxylation is 1. The van der Waals surface area contributed by atoms with Crippen molar-refractivity contribution in [2.24, 2.45) is 0 Å². The van der Waals surface area contributed by atoms with E-state index in [1.807, 2.05) is 29.2 Å². The molecule has 10 nitrogen and oxygen atoms in total. The molecule has 10 heteroatoms. The highest BCUT2D eigenvalue weighted by Crippen LogP contribution is 2.44. The van der Waals surface area contributed by atoms with E-state index in [0.717, 1.165) is 59.5 Å². The van der Waals surface area contributed by atoms with Crippen molar-refractivity contribution in [2.75, 3.05) is 47.3 Å². The molecular weight excluding hydrogens is 534 g/mol. The molecule has 0 bridgehead atoms. The Kier molecular flexibility index (Phi) is 8.89. The molecule has 1 aromatic carbocycles. The largest absolute Gasteiger partial charge is 0.468 e. The van der Waals surface area contributed by atoms with Crippen LogP contribution >= 0.6 is 0 Å². The summed E-state index contributed by atoms with van der Waals surface area (Å²) in [6.07, 6.45) is 3.14. The van der Waals surface area contributed by atoms with Crippen LogP contribution in [0.15, 0.2) is 30.3 Å². The van der Waals surface area contributed by atoms with Gasteiger partial charge in [0.05, 0.1) is 23.4 Å². The van der Waals surface area contributed by atoms with E-state index < -0.39 is 5.54 Å². The average Bonchev–Trinajstić information content (AvgIpc) is 3.35. The number of carbonyl (C=O) groups excluding carboxylic acids is 1. The van der Waals surface area contributed by atoms with Gasteiger partial charge in [0.25, 0.3) is 0 Å². The van der Waals surface area contributed by atoms with Gasteiger partial charge in [-0.15, -0.1) is 0 Å². The number of hydrogen-bond acceptors (Lipinski definition) is 8. The van der Waals surface area contributed by atoms with Gasteiger partial charge in [0.2, 0.25) is 5.91 Å². The van der Waals surface area contributed by atoms with Crippen LogP contribution in [0.25, 0.3) is 22.3 Å². The molecule has 1 amide bonds. The van der Waals surface area contributed by atoms with Gasteiger partial charge >= 0.3 is 0 Å². The Morgan fingerprint density at radius 2 is 1.86 bits per heavy atom. The maximum atomic E-state index is 13.1. The van der Waals surface area contributed by atoms with Crippen molar-refractivity contribution in [3.63, 3.8) is 0 Å². The highest BCUT2D eigenvalue weighted by molar-refractivity contribution is 5.85. The zero-order chi connectivity index (χ0) is 30.1. The monoisotopic (exact) mass is 579 g/mol. The molecule has 2 atom stereocenters. The molecule has 0 aliphatic carbocycles. The number of pyridine rings is 1. The highest BCUT2D eigenvalue weighted by atomic mass is 16.7. The zero-order valence-electron chi connectivity index (χ0n) is 26.0. The Hall–Kier alpha value is -3.05. The number of methoxy groups -OCH3 is 2. The van der Waals surface area contributed by atoms with E-state index in [2.05, 4.69) is 55.8 Å². The smallest absolute Gasteiger partial charge is 0.249 e. The summed E-state index contributed by atoms with van der Waals surface area (Å²) in [6, 6.07) is 10.0. The summed E-state index contributed by atoms with van der Waals surface area (Å²) in [5, 5.41) is 8.83. The minimum Gasteiger partial charge on any atom is -0.468 e. The lowest BCUT2D eigenvalue weighted by Crippen LogP contribution is -2.70. The number of nitrogens with zero attached hydrogens (tertiary/aromatic N) is 4. The normalized spacial score (nSPS) is 21.4. The highest BCUT2D eigenvalue weighted by Gasteiger charge is 2.50. The number of piperazine rings is 1. The molecule has 5 rings (SSSR count). The maximum Gasteiger partial charge on any atom is 0.249 e. The molecule has 2 fully saturated rings. The Morgan fingerprint density at radius 1 is 1.10 bits per heavy atom. The van der Waals surface area contributed by atoms with Crippen molar-refractivity contribution in [3.8, 4) is 17.0 Å². The molecule has 2 aliphatic rings. The molecule has 228 valence electrons. The number of H-pyrrole nitrogens is 1. The predicted molar refractivity (Wildman–Crippen MR) is 161 cm³/mol. The zero-order valence-corrected chi connectivity index (χ0v) is 26.0. The number of ether oxygens (including phenoxy) is 4. The number of nitrogens with one attached hydrogen (secondary N) is 1. The van der Waals surface area contributed by atoms with Crippen LogP contribution in [0.2, 0.25) is 0 Å². The molecule has 42 heavy (non-hydrogen) atoms. The molecule has 3 aromatic rings. The molecule has 0 radical (unpaired) electrons. The first kappa shape index (κ1) is 30.4. The molecule has 2 saturated heterocycles. The molecule has 0 spiro atoms. The van der Waals surface area contributed by atoms with Crippen molar-refractivity contribution in [1.82, 2.24) is 25.0 Å². The fraction of sp³-hybridized carbons (Fsp3) is 0.594. The minimum atomic E-state index is -0.406. The Labute approximate surface area is 248 Å². The topological polar surface area (TPSA) is 102 Å². The standard InChI is InChI=1S/C32H45N5O5/c1-21-28-24(16-25(33-30(28)35-34-21)22-11-13-23(14-12-22)42-20-40-7)29(26-10-8-9-15-41-26)37-19-31(2,3)36(18-32(37,4)5)27(38)17-39-6/h11-14,16,26,29H,8-10,15,17-20H2,1-7H3,(H,33,34,35). The number of hydrogen-bond donors (Lipinski definition) is 1. The van der Waals surface area contributed by atoms with Gasteiger partial charge in [0.15, 0.2) is 12.4 Å².